The number of nitrogens with one attached hydrogen (secondary N) is 2. The van der Waals surface area contributed by atoms with Gasteiger partial charge in [0.15, 0.2) is 0 Å². The van der Waals surface area contributed by atoms with Gasteiger partial charge in [0.05, 0.1) is 23.5 Å². The molecule has 0 aliphatic carbocycles. The van der Waals surface area contributed by atoms with Crippen molar-refractivity contribution < 1.29 is 18.4 Å². The number of rotatable bonds is 5. The number of hydrogen-bond donors (Lipinski definition) is 2. The summed E-state index contributed by atoms with van der Waals surface area (Å²) in [6.45, 7) is 1.83. The lowest BCUT2D eigenvalue weighted by molar-refractivity contribution is 0.0364. The van der Waals surface area contributed by atoms with Crippen LogP contribution in [0.4, 0.5) is 20.2 Å². The Morgan fingerprint density at radius 1 is 1.38 bits per heavy atom. The first-order valence-electron chi connectivity index (χ1n) is 6.88. The third kappa shape index (κ3) is 3.72. The highest BCUT2D eigenvalue weighted by molar-refractivity contribution is 6.30. The van der Waals surface area contributed by atoms with Crippen molar-refractivity contribution in [2.45, 2.75) is 6.92 Å². The second-order valence-electron chi connectivity index (χ2n) is 4.76. The van der Waals surface area contributed by atoms with Gasteiger partial charge in [-0.2, -0.15) is 4.39 Å². The zero-order valence-corrected chi connectivity index (χ0v) is 13.6. The van der Waals surface area contributed by atoms with Gasteiger partial charge in [0.1, 0.15) is 5.82 Å². The molecule has 9 heteroatoms. The molecule has 0 fully saturated rings. The van der Waals surface area contributed by atoms with Crippen molar-refractivity contribution in [2.75, 3.05) is 11.9 Å². The molecule has 0 saturated carbocycles. The topological polar surface area (TPSA) is 72.4 Å². The number of amides is 1. The zero-order chi connectivity index (χ0) is 17.9. The molecule has 1 aromatic heterocycles. The molecule has 1 amide bonds. The predicted octanol–water partition coefficient (Wildman–Crippen LogP) is 2.74. The molecule has 0 saturated heterocycles. The van der Waals surface area contributed by atoms with Crippen LogP contribution in [-0.2, 0) is 11.9 Å². The van der Waals surface area contributed by atoms with Gasteiger partial charge in [-0.1, -0.05) is 11.6 Å². The number of aromatic nitrogens is 1. The Balaban J connectivity index is 2.52. The molecular formula is C15H14ClF2N3O3. The van der Waals surface area contributed by atoms with Crippen molar-refractivity contribution in [3.05, 3.63) is 57.0 Å². The Kier molecular flexibility index (Phi) is 5.53. The summed E-state index contributed by atoms with van der Waals surface area (Å²) in [7, 11) is 1.29. The largest absolute Gasteiger partial charge is 0.350 e. The first-order valence-corrected chi connectivity index (χ1v) is 7.26. The van der Waals surface area contributed by atoms with Gasteiger partial charge in [0.25, 0.3) is 11.5 Å². The first kappa shape index (κ1) is 17.9. The van der Waals surface area contributed by atoms with Gasteiger partial charge in [0, 0.05) is 18.3 Å². The van der Waals surface area contributed by atoms with Crippen molar-refractivity contribution in [3.63, 3.8) is 0 Å². The number of carbonyl (C=O) groups excluding carboxylic acids is 1. The van der Waals surface area contributed by atoms with Crippen LogP contribution in [0.15, 0.2) is 29.2 Å². The monoisotopic (exact) mass is 357 g/mol. The SMILES string of the molecule is CCONC(=O)c1cn(C)c(=O)c(F)c1Nc1ccc(Cl)cc1F. The average molecular weight is 358 g/mol. The lowest BCUT2D eigenvalue weighted by Gasteiger charge is -2.14. The van der Waals surface area contributed by atoms with Crippen LogP contribution in [0.5, 0.6) is 0 Å². The maximum atomic E-state index is 14.3. The van der Waals surface area contributed by atoms with Crippen LogP contribution in [0.3, 0.4) is 0 Å². The van der Waals surface area contributed by atoms with E-state index in [-0.39, 0.29) is 22.9 Å². The molecule has 1 heterocycles. The van der Waals surface area contributed by atoms with Crippen LogP contribution >= 0.6 is 11.6 Å². The minimum Gasteiger partial charge on any atom is -0.350 e. The van der Waals surface area contributed by atoms with E-state index in [1.54, 1.807) is 6.92 Å². The summed E-state index contributed by atoms with van der Waals surface area (Å²) in [6, 6.07) is 3.66. The zero-order valence-electron chi connectivity index (χ0n) is 12.8. The summed E-state index contributed by atoms with van der Waals surface area (Å²) in [5.74, 6) is -2.78. The van der Waals surface area contributed by atoms with E-state index in [4.69, 9.17) is 16.4 Å². The number of anilines is 2. The number of hydrogen-bond acceptors (Lipinski definition) is 4. The summed E-state index contributed by atoms with van der Waals surface area (Å²) in [4.78, 5) is 28.6. The van der Waals surface area contributed by atoms with Gasteiger partial charge in [-0.25, -0.2) is 9.87 Å². The predicted molar refractivity (Wildman–Crippen MR) is 85.4 cm³/mol. The van der Waals surface area contributed by atoms with Gasteiger partial charge >= 0.3 is 0 Å². The second-order valence-corrected chi connectivity index (χ2v) is 5.20. The third-order valence-corrected chi connectivity index (χ3v) is 3.30. The standard InChI is InChI=1S/C15H14ClF2N3O3/c1-3-24-20-14(22)9-7-21(2)15(23)12(18)13(9)19-11-5-4-8(16)6-10(11)17/h4-7,19H,3H2,1-2H3,(H,20,22). The number of benzene rings is 1. The highest BCUT2D eigenvalue weighted by atomic mass is 35.5. The Labute approximate surface area is 141 Å². The van der Waals surface area contributed by atoms with E-state index in [1.165, 1.54) is 19.2 Å². The van der Waals surface area contributed by atoms with Gasteiger partial charge in [-0.15, -0.1) is 0 Å². The Bertz CT molecular complexity index is 839. The van der Waals surface area contributed by atoms with E-state index in [1.807, 2.05) is 0 Å². The van der Waals surface area contributed by atoms with E-state index >= 15 is 0 Å². The lowest BCUT2D eigenvalue weighted by Crippen LogP contribution is -2.29. The Morgan fingerprint density at radius 3 is 2.71 bits per heavy atom. The number of hydroxylamine groups is 1. The smallest absolute Gasteiger partial charge is 0.288 e. The van der Waals surface area contributed by atoms with E-state index in [0.717, 1.165) is 16.8 Å². The maximum Gasteiger partial charge on any atom is 0.288 e. The molecule has 1 aromatic carbocycles. The van der Waals surface area contributed by atoms with Crippen molar-refractivity contribution >= 4 is 28.9 Å². The van der Waals surface area contributed by atoms with Gasteiger partial charge in [-0.05, 0) is 25.1 Å². The normalized spacial score (nSPS) is 10.5. The molecule has 128 valence electrons. The molecule has 0 unspecified atom stereocenters. The van der Waals surface area contributed by atoms with Crippen molar-refractivity contribution in [3.8, 4) is 0 Å². The van der Waals surface area contributed by atoms with E-state index in [9.17, 15) is 18.4 Å². The molecule has 24 heavy (non-hydrogen) atoms. The first-order chi connectivity index (χ1) is 11.3. The van der Waals surface area contributed by atoms with Crippen molar-refractivity contribution in [1.29, 1.82) is 0 Å². The van der Waals surface area contributed by atoms with Gasteiger partial charge < -0.3 is 9.88 Å². The molecule has 0 spiro atoms. The van der Waals surface area contributed by atoms with Gasteiger partial charge in [-0.3, -0.25) is 14.4 Å². The lowest BCUT2D eigenvalue weighted by atomic mass is 10.2. The van der Waals surface area contributed by atoms with Crippen molar-refractivity contribution in [1.82, 2.24) is 10.0 Å². The fourth-order valence-electron chi connectivity index (χ4n) is 1.91. The van der Waals surface area contributed by atoms with Crippen LogP contribution in [0.1, 0.15) is 17.3 Å². The third-order valence-electron chi connectivity index (χ3n) is 3.06. The summed E-state index contributed by atoms with van der Waals surface area (Å²) in [6.07, 6.45) is 1.12. The number of pyridine rings is 1. The summed E-state index contributed by atoms with van der Waals surface area (Å²) in [5.41, 5.74) is 0.296. The number of aryl methyl sites for hydroxylation is 1. The Hall–Kier alpha value is -2.45. The van der Waals surface area contributed by atoms with Crippen LogP contribution in [-0.4, -0.2) is 17.1 Å². The maximum absolute atomic E-state index is 14.3. The molecule has 0 aliphatic rings. The molecular weight excluding hydrogens is 344 g/mol. The molecule has 0 bridgehead atoms. The summed E-state index contributed by atoms with van der Waals surface area (Å²) >= 11 is 5.66. The minimum atomic E-state index is -1.23. The van der Waals surface area contributed by atoms with E-state index in [0.29, 0.717) is 0 Å². The number of nitrogens with zero attached hydrogens (tertiary/aromatic N) is 1. The van der Waals surface area contributed by atoms with Gasteiger partial charge in [0.2, 0.25) is 5.82 Å². The quantitative estimate of drug-likeness (QED) is 0.807. The highest BCUT2D eigenvalue weighted by Gasteiger charge is 2.21. The summed E-state index contributed by atoms with van der Waals surface area (Å²) in [5, 5.41) is 2.57. The fraction of sp³-hybridized carbons (Fsp3) is 0.200. The molecule has 0 atom stereocenters. The highest BCUT2D eigenvalue weighted by Crippen LogP contribution is 2.26. The molecule has 2 rings (SSSR count). The molecule has 0 radical (unpaired) electrons. The molecule has 2 N–H and O–H groups in total. The van der Waals surface area contributed by atoms with Crippen LogP contribution in [0.2, 0.25) is 5.02 Å². The minimum absolute atomic E-state index is 0.142. The number of halogens is 3. The Morgan fingerprint density at radius 2 is 2.08 bits per heavy atom. The molecule has 0 aliphatic heterocycles. The average Bonchev–Trinajstić information content (AvgIpc) is 2.54. The molecule has 6 nitrogen and oxygen atoms in total. The number of carbonyl (C=O) groups is 1. The van der Waals surface area contributed by atoms with E-state index < -0.39 is 28.8 Å². The van der Waals surface area contributed by atoms with Crippen LogP contribution in [0.25, 0.3) is 0 Å². The van der Waals surface area contributed by atoms with Crippen molar-refractivity contribution in [2.24, 2.45) is 7.05 Å². The van der Waals surface area contributed by atoms with Crippen LogP contribution < -0.4 is 16.4 Å². The molecule has 2 aromatic rings. The van der Waals surface area contributed by atoms with Crippen LogP contribution in [0, 0.1) is 11.6 Å². The van der Waals surface area contributed by atoms with E-state index in [2.05, 4.69) is 10.8 Å². The summed E-state index contributed by atoms with van der Waals surface area (Å²) < 4.78 is 29.1. The second kappa shape index (κ2) is 7.41. The fourth-order valence-corrected chi connectivity index (χ4v) is 2.07.